The number of hydrogen-bond donors (Lipinski definition) is 1. The monoisotopic (exact) mass is 661 g/mol. The molecule has 1 saturated heterocycles. The summed E-state index contributed by atoms with van der Waals surface area (Å²) in [5, 5.41) is 11.9. The molecule has 0 saturated carbocycles. The number of nitriles is 1. The molecule has 3 aromatic carbocycles. The number of carbonyl (C=O) groups excluding carboxylic acids is 3. The predicted molar refractivity (Wildman–Crippen MR) is 143 cm³/mol. The summed E-state index contributed by atoms with van der Waals surface area (Å²) in [5.74, 6) is -0.983. The molecule has 35 heavy (non-hydrogen) atoms. The maximum absolute atomic E-state index is 13.1. The van der Waals surface area contributed by atoms with E-state index < -0.39 is 17.8 Å². The molecule has 0 aromatic heterocycles. The van der Waals surface area contributed by atoms with E-state index >= 15 is 0 Å². The van der Waals surface area contributed by atoms with Gasteiger partial charge >= 0.3 is 6.03 Å². The minimum Gasteiger partial charge on any atom is -0.487 e. The lowest BCUT2D eigenvalue weighted by molar-refractivity contribution is -0.122. The summed E-state index contributed by atoms with van der Waals surface area (Å²) in [5.41, 5.74) is 1.92. The molecule has 7 nitrogen and oxygen atoms in total. The van der Waals surface area contributed by atoms with Crippen LogP contribution in [0.15, 0.2) is 70.7 Å². The average molecular weight is 663 g/mol. The van der Waals surface area contributed by atoms with Gasteiger partial charge in [0.25, 0.3) is 11.8 Å². The minimum atomic E-state index is -0.836. The molecule has 0 unspecified atom stereocenters. The van der Waals surface area contributed by atoms with Gasteiger partial charge in [0.1, 0.15) is 17.9 Å². The van der Waals surface area contributed by atoms with Gasteiger partial charge in [-0.1, -0.05) is 29.8 Å². The van der Waals surface area contributed by atoms with Gasteiger partial charge in [0.05, 0.1) is 25.4 Å². The zero-order valence-electron chi connectivity index (χ0n) is 17.7. The summed E-state index contributed by atoms with van der Waals surface area (Å²) >= 11 is 11.5. The number of benzene rings is 3. The highest BCUT2D eigenvalue weighted by molar-refractivity contribution is 14.1. The third-order valence-electron chi connectivity index (χ3n) is 5.03. The van der Waals surface area contributed by atoms with Gasteiger partial charge < -0.3 is 4.74 Å². The molecule has 3 aromatic rings. The van der Waals surface area contributed by atoms with E-state index in [0.717, 1.165) is 10.5 Å². The van der Waals surface area contributed by atoms with Crippen LogP contribution in [0.5, 0.6) is 5.75 Å². The Morgan fingerprint density at radius 3 is 2.51 bits per heavy atom. The van der Waals surface area contributed by atoms with Crippen LogP contribution < -0.4 is 15.0 Å². The topological polar surface area (TPSA) is 99.5 Å². The Kier molecular flexibility index (Phi) is 7.54. The van der Waals surface area contributed by atoms with E-state index in [9.17, 15) is 19.6 Å². The fourth-order valence-corrected chi connectivity index (χ4v) is 5.25. The zero-order chi connectivity index (χ0) is 25.1. The van der Waals surface area contributed by atoms with E-state index in [0.29, 0.717) is 29.9 Å². The van der Waals surface area contributed by atoms with Crippen molar-refractivity contribution in [3.05, 3.63) is 96.0 Å². The van der Waals surface area contributed by atoms with Crippen molar-refractivity contribution in [3.8, 4) is 11.8 Å². The van der Waals surface area contributed by atoms with Gasteiger partial charge in [-0.25, -0.2) is 9.69 Å². The quantitative estimate of drug-likeness (QED) is 0.211. The highest BCUT2D eigenvalue weighted by Gasteiger charge is 2.36. The van der Waals surface area contributed by atoms with Gasteiger partial charge in [-0.05, 0) is 92.6 Å². The number of nitrogens with one attached hydrogen (secondary N) is 1. The zero-order valence-corrected chi connectivity index (χ0v) is 22.2. The predicted octanol–water partition coefficient (Wildman–Crippen LogP) is 5.82. The highest BCUT2D eigenvalue weighted by Crippen LogP contribution is 2.34. The van der Waals surface area contributed by atoms with Crippen LogP contribution in [0, 0.1) is 14.9 Å². The highest BCUT2D eigenvalue weighted by atomic mass is 127. The molecule has 0 bridgehead atoms. The van der Waals surface area contributed by atoms with Crippen LogP contribution in [0.4, 0.5) is 10.5 Å². The molecule has 1 heterocycles. The second-order valence-electron chi connectivity index (χ2n) is 7.31. The first-order valence-electron chi connectivity index (χ1n) is 10.1. The molecular formula is C25H14BrClIN3O4. The molecule has 0 spiro atoms. The summed E-state index contributed by atoms with van der Waals surface area (Å²) in [4.78, 5) is 38.8. The maximum atomic E-state index is 13.1. The van der Waals surface area contributed by atoms with Gasteiger partial charge in [0, 0.05) is 10.6 Å². The van der Waals surface area contributed by atoms with Crippen LogP contribution in [0.3, 0.4) is 0 Å². The molecule has 1 aliphatic heterocycles. The molecule has 10 heteroatoms. The number of rotatable bonds is 5. The number of hydrogen-bond acceptors (Lipinski definition) is 5. The fraction of sp³-hybridized carbons (Fsp3) is 0.0400. The summed E-state index contributed by atoms with van der Waals surface area (Å²) < 4.78 is 7.26. The van der Waals surface area contributed by atoms with Gasteiger partial charge in [0.2, 0.25) is 0 Å². The van der Waals surface area contributed by atoms with E-state index in [1.54, 1.807) is 36.4 Å². The second-order valence-corrected chi connectivity index (χ2v) is 9.76. The number of imide groups is 2. The number of halogens is 3. The first kappa shape index (κ1) is 24.9. The smallest absolute Gasteiger partial charge is 0.335 e. The van der Waals surface area contributed by atoms with E-state index in [2.05, 4.69) is 49.9 Å². The second kappa shape index (κ2) is 10.6. The third kappa shape index (κ3) is 5.40. The van der Waals surface area contributed by atoms with Crippen molar-refractivity contribution in [2.45, 2.75) is 6.61 Å². The average Bonchev–Trinajstić information content (AvgIpc) is 2.82. The Morgan fingerprint density at radius 1 is 1.11 bits per heavy atom. The SMILES string of the molecule is N#Cc1ccccc1COc1c(Br)cc(/C=C2\C(=O)NC(=O)N(c3ccc(Cl)cc3)C2=O)cc1I. The number of nitrogens with zero attached hydrogens (tertiary/aromatic N) is 2. The number of anilines is 1. The van der Waals surface area contributed by atoms with Crippen molar-refractivity contribution in [2.24, 2.45) is 0 Å². The lowest BCUT2D eigenvalue weighted by Gasteiger charge is -2.26. The number of carbonyl (C=O) groups is 3. The Balaban J connectivity index is 1.61. The number of ether oxygens (including phenoxy) is 1. The number of urea groups is 1. The molecular weight excluding hydrogens is 649 g/mol. The van der Waals surface area contributed by atoms with Gasteiger partial charge in [-0.15, -0.1) is 0 Å². The maximum Gasteiger partial charge on any atom is 0.335 e. The molecule has 0 atom stereocenters. The van der Waals surface area contributed by atoms with Crippen molar-refractivity contribution >= 4 is 79.7 Å². The molecule has 1 fully saturated rings. The molecule has 0 aliphatic carbocycles. The summed E-state index contributed by atoms with van der Waals surface area (Å²) in [6, 6.07) is 18.0. The van der Waals surface area contributed by atoms with Crippen LogP contribution in [-0.2, 0) is 16.2 Å². The molecule has 1 N–H and O–H groups in total. The van der Waals surface area contributed by atoms with Crippen molar-refractivity contribution < 1.29 is 19.1 Å². The largest absolute Gasteiger partial charge is 0.487 e. The van der Waals surface area contributed by atoms with Crippen LogP contribution in [0.25, 0.3) is 6.08 Å². The van der Waals surface area contributed by atoms with E-state index in [1.165, 1.54) is 18.2 Å². The first-order chi connectivity index (χ1) is 16.8. The standard InChI is InChI=1S/C25H14BrClIN3O4/c26-20-10-14(11-21(28)22(20)35-13-16-4-2-1-3-15(16)12-29)9-19-23(32)30-25(34)31(24(19)33)18-7-5-17(27)6-8-18/h1-11H,13H2,(H,30,32,34)/b19-9+. The van der Waals surface area contributed by atoms with Gasteiger partial charge in [0.15, 0.2) is 0 Å². The molecule has 4 amide bonds. The summed E-state index contributed by atoms with van der Waals surface area (Å²) in [6.07, 6.45) is 1.41. The van der Waals surface area contributed by atoms with Crippen molar-refractivity contribution in [2.75, 3.05) is 4.90 Å². The van der Waals surface area contributed by atoms with Crippen LogP contribution in [0.2, 0.25) is 5.02 Å². The van der Waals surface area contributed by atoms with Crippen LogP contribution >= 0.6 is 50.1 Å². The molecule has 174 valence electrons. The summed E-state index contributed by atoms with van der Waals surface area (Å²) in [6.45, 7) is 0.192. The lowest BCUT2D eigenvalue weighted by atomic mass is 10.1. The lowest BCUT2D eigenvalue weighted by Crippen LogP contribution is -2.54. The van der Waals surface area contributed by atoms with E-state index in [-0.39, 0.29) is 17.9 Å². The fourth-order valence-electron chi connectivity index (χ4n) is 3.35. The molecule has 4 rings (SSSR count). The van der Waals surface area contributed by atoms with Gasteiger partial charge in [-0.2, -0.15) is 5.26 Å². The Labute approximate surface area is 227 Å². The Morgan fingerprint density at radius 2 is 1.83 bits per heavy atom. The van der Waals surface area contributed by atoms with Crippen molar-refractivity contribution in [1.82, 2.24) is 5.32 Å². The van der Waals surface area contributed by atoms with Crippen LogP contribution in [-0.4, -0.2) is 17.8 Å². The first-order valence-corrected chi connectivity index (χ1v) is 12.3. The van der Waals surface area contributed by atoms with E-state index in [1.807, 2.05) is 12.1 Å². The molecule has 1 aliphatic rings. The van der Waals surface area contributed by atoms with Crippen LogP contribution in [0.1, 0.15) is 16.7 Å². The number of amides is 4. The van der Waals surface area contributed by atoms with Crippen molar-refractivity contribution in [3.63, 3.8) is 0 Å². The molecule has 0 radical (unpaired) electrons. The normalized spacial score (nSPS) is 14.6. The Hall–Kier alpha value is -3.20. The van der Waals surface area contributed by atoms with E-state index in [4.69, 9.17) is 16.3 Å². The van der Waals surface area contributed by atoms with Gasteiger partial charge in [-0.3, -0.25) is 14.9 Å². The Bertz CT molecular complexity index is 1410. The summed E-state index contributed by atoms with van der Waals surface area (Å²) in [7, 11) is 0. The number of barbiturate groups is 1. The van der Waals surface area contributed by atoms with Crippen molar-refractivity contribution in [1.29, 1.82) is 5.26 Å². The third-order valence-corrected chi connectivity index (χ3v) is 6.67. The minimum absolute atomic E-state index is 0.192.